The van der Waals surface area contributed by atoms with Crippen LogP contribution in [0.15, 0.2) is 170 Å². The van der Waals surface area contributed by atoms with Crippen molar-refractivity contribution in [1.29, 1.82) is 0 Å². The average Bonchev–Trinajstić information content (AvgIpc) is 3.86. The van der Waals surface area contributed by atoms with E-state index in [9.17, 15) is 0 Å². The molecule has 0 saturated carbocycles. The highest BCUT2D eigenvalue weighted by molar-refractivity contribution is 6.99. The second-order valence-corrected chi connectivity index (χ2v) is 16.1. The zero-order valence-corrected chi connectivity index (χ0v) is 30.6. The zero-order chi connectivity index (χ0) is 36.2. The highest BCUT2D eigenvalue weighted by Gasteiger charge is 2.48. The number of aromatic nitrogens is 2. The van der Waals surface area contributed by atoms with Crippen molar-refractivity contribution < 1.29 is 0 Å². The molecule has 3 nitrogen and oxygen atoms in total. The van der Waals surface area contributed by atoms with E-state index >= 15 is 0 Å². The smallest absolute Gasteiger partial charge is 0.247 e. The molecule has 4 heteroatoms. The Bertz CT molecular complexity index is 3410. The predicted molar refractivity (Wildman–Crippen MR) is 233 cm³/mol. The SMILES string of the molecule is CC1(C)c2cccc3c2B(c2cc4c5ccccc5n(-c5ccccc5)c4cc2N3c2ccccc2)c2cc3c4ccccc4n4c5ccccc5c(c21)c34. The molecule has 2 aliphatic heterocycles. The molecule has 0 saturated heterocycles. The lowest BCUT2D eigenvalue weighted by molar-refractivity contribution is 0.652. The van der Waals surface area contributed by atoms with E-state index in [-0.39, 0.29) is 12.1 Å². The van der Waals surface area contributed by atoms with Crippen LogP contribution < -0.4 is 21.3 Å². The molecule has 11 aromatic rings. The first-order valence-corrected chi connectivity index (χ1v) is 19.4. The van der Waals surface area contributed by atoms with E-state index in [0.717, 1.165) is 0 Å². The van der Waals surface area contributed by atoms with Gasteiger partial charge in [-0.3, -0.25) is 0 Å². The van der Waals surface area contributed by atoms with Gasteiger partial charge in [-0.2, -0.15) is 0 Å². The van der Waals surface area contributed by atoms with E-state index in [1.807, 2.05) is 0 Å². The molecule has 256 valence electrons. The van der Waals surface area contributed by atoms with Crippen molar-refractivity contribution >= 4 is 100 Å². The number of anilines is 3. The van der Waals surface area contributed by atoms with E-state index < -0.39 is 0 Å². The summed E-state index contributed by atoms with van der Waals surface area (Å²) in [5.41, 5.74) is 18.0. The van der Waals surface area contributed by atoms with Gasteiger partial charge < -0.3 is 13.9 Å². The number of nitrogens with zero attached hydrogens (tertiary/aromatic N) is 3. The van der Waals surface area contributed by atoms with Crippen molar-refractivity contribution in [3.63, 3.8) is 0 Å². The number of rotatable bonds is 2. The average molecular weight is 700 g/mol. The van der Waals surface area contributed by atoms with Crippen molar-refractivity contribution in [2.75, 3.05) is 4.90 Å². The summed E-state index contributed by atoms with van der Waals surface area (Å²) in [6.07, 6.45) is 0. The molecule has 0 amide bonds. The lowest BCUT2D eigenvalue weighted by Crippen LogP contribution is -2.64. The maximum atomic E-state index is 2.59. The van der Waals surface area contributed by atoms with Crippen molar-refractivity contribution in [3.8, 4) is 5.69 Å². The van der Waals surface area contributed by atoms with Crippen LogP contribution >= 0.6 is 0 Å². The van der Waals surface area contributed by atoms with Crippen LogP contribution in [0, 0.1) is 0 Å². The molecule has 5 heterocycles. The van der Waals surface area contributed by atoms with Gasteiger partial charge in [0.25, 0.3) is 0 Å². The summed E-state index contributed by atoms with van der Waals surface area (Å²) in [5, 5.41) is 7.95. The van der Waals surface area contributed by atoms with Gasteiger partial charge in [-0.25, -0.2) is 0 Å². The van der Waals surface area contributed by atoms with Crippen molar-refractivity contribution in [1.82, 2.24) is 8.97 Å². The maximum absolute atomic E-state index is 2.59. The van der Waals surface area contributed by atoms with Gasteiger partial charge in [-0.05, 0) is 76.6 Å². The van der Waals surface area contributed by atoms with Crippen LogP contribution in [0.5, 0.6) is 0 Å². The number of hydrogen-bond donors (Lipinski definition) is 0. The predicted octanol–water partition coefficient (Wildman–Crippen LogP) is 10.9. The molecule has 0 atom stereocenters. The Morgan fingerprint density at radius 2 is 1.05 bits per heavy atom. The first-order chi connectivity index (χ1) is 27.1. The van der Waals surface area contributed by atoms with Crippen molar-refractivity contribution in [2.45, 2.75) is 19.3 Å². The first kappa shape index (κ1) is 29.7. The molecule has 2 aliphatic rings. The second-order valence-electron chi connectivity index (χ2n) is 16.1. The summed E-state index contributed by atoms with van der Waals surface area (Å²) in [4.78, 5) is 2.54. The van der Waals surface area contributed by atoms with E-state index in [2.05, 4.69) is 198 Å². The molecule has 0 fully saturated rings. The first-order valence-electron chi connectivity index (χ1n) is 19.4. The topological polar surface area (TPSA) is 12.6 Å². The van der Waals surface area contributed by atoms with Crippen molar-refractivity contribution in [2.24, 2.45) is 0 Å². The highest BCUT2D eigenvalue weighted by Crippen LogP contribution is 2.49. The van der Waals surface area contributed by atoms with Gasteiger partial charge in [-0.1, -0.05) is 135 Å². The fourth-order valence-electron chi connectivity index (χ4n) is 10.9. The van der Waals surface area contributed by atoms with Gasteiger partial charge in [-0.15, -0.1) is 0 Å². The molecule has 8 aromatic carbocycles. The standard InChI is InChI=1S/C51H34BN3/c1-51(2)38-23-15-27-44-49(38)52(40-29-37-34-21-10-13-25-42(34)55-43-26-14-11-22-35(43)47(48(40)51)50(37)55)39-28-36-33-20-9-12-24-41(33)53(31-16-5-3-6-17-31)45(36)30-46(39)54(44)32-18-7-4-8-19-32/h3-30H,1-2H3. The van der Waals surface area contributed by atoms with Crippen LogP contribution in [0.25, 0.3) is 65.6 Å². The number of benzene rings is 8. The second kappa shape index (κ2) is 10.2. The Labute approximate surface area is 318 Å². The van der Waals surface area contributed by atoms with Gasteiger partial charge in [0, 0.05) is 60.5 Å². The normalized spacial score (nSPS) is 14.4. The number of para-hydroxylation sites is 5. The van der Waals surface area contributed by atoms with Crippen LogP contribution in [0.4, 0.5) is 17.1 Å². The Morgan fingerprint density at radius 1 is 0.455 bits per heavy atom. The van der Waals surface area contributed by atoms with Gasteiger partial charge in [0.05, 0.1) is 27.6 Å². The Kier molecular flexibility index (Phi) is 5.53. The summed E-state index contributed by atoms with van der Waals surface area (Å²) in [6.45, 7) is 4.97. The molecule has 0 N–H and O–H groups in total. The van der Waals surface area contributed by atoms with E-state index in [4.69, 9.17) is 0 Å². The third-order valence-electron chi connectivity index (χ3n) is 13.0. The van der Waals surface area contributed by atoms with Crippen LogP contribution in [0.2, 0.25) is 0 Å². The molecule has 0 spiro atoms. The summed E-state index contributed by atoms with van der Waals surface area (Å²) >= 11 is 0. The Balaban J connectivity index is 1.23. The van der Waals surface area contributed by atoms with Crippen molar-refractivity contribution in [3.05, 3.63) is 181 Å². The van der Waals surface area contributed by atoms with Crippen LogP contribution in [-0.4, -0.2) is 15.7 Å². The molecular weight excluding hydrogens is 665 g/mol. The molecule has 3 aromatic heterocycles. The number of fused-ring (bicyclic) bond motifs is 14. The van der Waals surface area contributed by atoms with Gasteiger partial charge in [0.2, 0.25) is 6.71 Å². The molecule has 0 unspecified atom stereocenters. The van der Waals surface area contributed by atoms with Crippen LogP contribution in [0.3, 0.4) is 0 Å². The zero-order valence-electron chi connectivity index (χ0n) is 30.6. The summed E-state index contributed by atoms with van der Waals surface area (Å²) in [7, 11) is 0. The minimum atomic E-state index is -0.257. The van der Waals surface area contributed by atoms with Crippen LogP contribution in [-0.2, 0) is 5.41 Å². The fraction of sp³-hybridized carbons (Fsp3) is 0.0588. The Hall–Kier alpha value is -6.78. The highest BCUT2D eigenvalue weighted by atomic mass is 15.2. The van der Waals surface area contributed by atoms with E-state index in [0.29, 0.717) is 0 Å². The summed E-state index contributed by atoms with van der Waals surface area (Å²) < 4.78 is 4.99. The molecule has 0 radical (unpaired) electrons. The fourth-order valence-corrected chi connectivity index (χ4v) is 10.9. The monoisotopic (exact) mass is 699 g/mol. The quantitative estimate of drug-likeness (QED) is 0.164. The summed E-state index contributed by atoms with van der Waals surface area (Å²) in [5.74, 6) is 0. The number of hydrogen-bond acceptors (Lipinski definition) is 1. The van der Waals surface area contributed by atoms with E-state index in [1.54, 1.807) is 0 Å². The van der Waals surface area contributed by atoms with Gasteiger partial charge >= 0.3 is 0 Å². The largest absolute Gasteiger partial charge is 0.311 e. The molecule has 55 heavy (non-hydrogen) atoms. The minimum absolute atomic E-state index is 0.0444. The third-order valence-corrected chi connectivity index (χ3v) is 13.0. The third kappa shape index (κ3) is 3.58. The summed E-state index contributed by atoms with van der Waals surface area (Å²) in [6, 6.07) is 63.5. The van der Waals surface area contributed by atoms with Gasteiger partial charge in [0.1, 0.15) is 0 Å². The molecule has 0 aliphatic carbocycles. The van der Waals surface area contributed by atoms with Crippen LogP contribution in [0.1, 0.15) is 25.0 Å². The minimum Gasteiger partial charge on any atom is -0.311 e. The molecular formula is C51H34BN3. The van der Waals surface area contributed by atoms with E-state index in [1.165, 1.54) is 110 Å². The Morgan fingerprint density at radius 3 is 1.80 bits per heavy atom. The van der Waals surface area contributed by atoms with Gasteiger partial charge in [0.15, 0.2) is 0 Å². The molecule has 13 rings (SSSR count). The lowest BCUT2D eigenvalue weighted by Gasteiger charge is -2.45. The lowest BCUT2D eigenvalue weighted by atomic mass is 9.30. The molecule has 0 bridgehead atoms. The maximum Gasteiger partial charge on any atom is 0.247 e.